The average molecular weight is 326 g/mol. The lowest BCUT2D eigenvalue weighted by Gasteiger charge is -2.05. The molecule has 0 aliphatic carbocycles. The van der Waals surface area contributed by atoms with E-state index in [1.165, 1.54) is 6.07 Å². The number of nitrogens with one attached hydrogen (secondary N) is 2. The number of non-ortho nitro benzene ring substituents is 1. The number of aliphatic hydroxyl groups is 1. The van der Waals surface area contributed by atoms with Gasteiger partial charge in [0.15, 0.2) is 0 Å². The fourth-order valence-electron chi connectivity index (χ4n) is 1.56. The van der Waals surface area contributed by atoms with Gasteiger partial charge in [0.05, 0.1) is 11.5 Å². The summed E-state index contributed by atoms with van der Waals surface area (Å²) in [5.74, 6) is 0. The number of hydrogen-bond acceptors (Lipinski definition) is 5. The molecule has 0 spiro atoms. The highest BCUT2D eigenvalue weighted by molar-refractivity contribution is 5.85. The van der Waals surface area contributed by atoms with Gasteiger partial charge in [-0.15, -0.1) is 24.8 Å². The molecule has 3 N–H and O–H groups in total. The lowest BCUT2D eigenvalue weighted by molar-refractivity contribution is -0.384. The smallest absolute Gasteiger partial charge is 0.269 e. The van der Waals surface area contributed by atoms with Crippen LogP contribution in [-0.4, -0.2) is 36.3 Å². The van der Waals surface area contributed by atoms with Crippen LogP contribution in [0.25, 0.3) is 0 Å². The third-order valence-corrected chi connectivity index (χ3v) is 2.45. The molecule has 0 fully saturated rings. The molecule has 1 rings (SSSR count). The van der Waals surface area contributed by atoms with E-state index < -0.39 is 0 Å². The molecule has 8 heteroatoms. The van der Waals surface area contributed by atoms with Gasteiger partial charge >= 0.3 is 0 Å². The van der Waals surface area contributed by atoms with Crippen molar-refractivity contribution in [2.75, 3.05) is 26.2 Å². The van der Waals surface area contributed by atoms with Crippen LogP contribution in [0.2, 0.25) is 0 Å². The van der Waals surface area contributed by atoms with E-state index in [0.717, 1.165) is 25.1 Å². The molecule has 116 valence electrons. The predicted octanol–water partition coefficient (Wildman–Crippen LogP) is 1.50. The third-order valence-electron chi connectivity index (χ3n) is 2.45. The van der Waals surface area contributed by atoms with Crippen molar-refractivity contribution in [2.24, 2.45) is 0 Å². The van der Waals surface area contributed by atoms with Crippen LogP contribution in [0, 0.1) is 10.1 Å². The first kappa shape index (κ1) is 21.4. The fourth-order valence-corrected chi connectivity index (χ4v) is 1.56. The van der Waals surface area contributed by atoms with E-state index in [2.05, 4.69) is 10.6 Å². The Morgan fingerprint density at radius 2 is 1.85 bits per heavy atom. The summed E-state index contributed by atoms with van der Waals surface area (Å²) in [5, 5.41) is 25.4. The average Bonchev–Trinajstić information content (AvgIpc) is 2.38. The van der Waals surface area contributed by atoms with Gasteiger partial charge in [-0.25, -0.2) is 0 Å². The number of nitrogens with zero attached hydrogens (tertiary/aromatic N) is 1. The number of nitro benzene ring substituents is 1. The van der Waals surface area contributed by atoms with Gasteiger partial charge in [0.2, 0.25) is 0 Å². The second-order valence-electron chi connectivity index (χ2n) is 3.93. The van der Waals surface area contributed by atoms with E-state index in [9.17, 15) is 10.1 Å². The Morgan fingerprint density at radius 1 is 1.15 bits per heavy atom. The van der Waals surface area contributed by atoms with Gasteiger partial charge in [0.1, 0.15) is 0 Å². The Morgan fingerprint density at radius 3 is 2.50 bits per heavy atom. The minimum Gasteiger partial charge on any atom is -0.395 e. The van der Waals surface area contributed by atoms with Crippen LogP contribution >= 0.6 is 24.8 Å². The van der Waals surface area contributed by atoms with Crippen LogP contribution in [0.1, 0.15) is 12.0 Å². The Bertz CT molecular complexity index is 381. The van der Waals surface area contributed by atoms with E-state index in [1.807, 2.05) is 6.07 Å². The van der Waals surface area contributed by atoms with E-state index in [0.29, 0.717) is 13.1 Å². The number of rotatable bonds is 9. The van der Waals surface area contributed by atoms with Gasteiger partial charge in [-0.05, 0) is 25.1 Å². The molecule has 1 aromatic rings. The minimum atomic E-state index is -0.387. The number of aliphatic hydroxyl groups excluding tert-OH is 1. The Labute approximate surface area is 130 Å². The number of nitro groups is 1. The summed E-state index contributed by atoms with van der Waals surface area (Å²) < 4.78 is 0. The molecular formula is C12H21Cl2N3O3. The maximum absolute atomic E-state index is 10.6. The van der Waals surface area contributed by atoms with Crippen LogP contribution in [0.3, 0.4) is 0 Å². The summed E-state index contributed by atoms with van der Waals surface area (Å²) >= 11 is 0. The van der Waals surface area contributed by atoms with Gasteiger partial charge in [0.25, 0.3) is 5.69 Å². The number of halogens is 2. The normalized spacial score (nSPS) is 9.45. The summed E-state index contributed by atoms with van der Waals surface area (Å²) in [6.07, 6.45) is 0.953. The molecule has 6 nitrogen and oxygen atoms in total. The molecule has 0 amide bonds. The molecule has 0 unspecified atom stereocenters. The van der Waals surface area contributed by atoms with Crippen molar-refractivity contribution in [1.82, 2.24) is 10.6 Å². The molecule has 0 aliphatic heterocycles. The minimum absolute atomic E-state index is 0. The van der Waals surface area contributed by atoms with E-state index in [4.69, 9.17) is 5.11 Å². The van der Waals surface area contributed by atoms with Gasteiger partial charge in [0, 0.05) is 25.2 Å². The molecule has 0 radical (unpaired) electrons. The van der Waals surface area contributed by atoms with Gasteiger partial charge in [-0.2, -0.15) is 0 Å². The van der Waals surface area contributed by atoms with Crippen molar-refractivity contribution in [3.8, 4) is 0 Å². The zero-order chi connectivity index (χ0) is 13.2. The summed E-state index contributed by atoms with van der Waals surface area (Å²) in [4.78, 5) is 10.2. The standard InChI is InChI=1S/C12H19N3O3.2ClH/c16-8-7-13-5-2-6-14-10-11-3-1-4-12(9-11)15(17)18;;/h1,3-4,9,13-14,16H,2,5-8,10H2;2*1H. The highest BCUT2D eigenvalue weighted by Crippen LogP contribution is 2.12. The second kappa shape index (κ2) is 13.1. The summed E-state index contributed by atoms with van der Waals surface area (Å²) in [6, 6.07) is 6.63. The van der Waals surface area contributed by atoms with E-state index in [1.54, 1.807) is 12.1 Å². The topological polar surface area (TPSA) is 87.4 Å². The van der Waals surface area contributed by atoms with Crippen molar-refractivity contribution in [3.05, 3.63) is 39.9 Å². The van der Waals surface area contributed by atoms with Crippen molar-refractivity contribution in [1.29, 1.82) is 0 Å². The van der Waals surface area contributed by atoms with Crippen LogP contribution in [-0.2, 0) is 6.54 Å². The maximum atomic E-state index is 10.6. The summed E-state index contributed by atoms with van der Waals surface area (Å²) in [6.45, 7) is 3.08. The summed E-state index contributed by atoms with van der Waals surface area (Å²) in [5.41, 5.74) is 1.03. The predicted molar refractivity (Wildman–Crippen MR) is 83.9 cm³/mol. The van der Waals surface area contributed by atoms with Crippen LogP contribution < -0.4 is 10.6 Å². The molecule has 0 aliphatic rings. The highest BCUT2D eigenvalue weighted by Gasteiger charge is 2.04. The zero-order valence-corrected chi connectivity index (χ0v) is 12.7. The molecular weight excluding hydrogens is 305 g/mol. The quantitative estimate of drug-likeness (QED) is 0.364. The van der Waals surface area contributed by atoms with Crippen molar-refractivity contribution < 1.29 is 10.0 Å². The van der Waals surface area contributed by atoms with Crippen molar-refractivity contribution in [3.63, 3.8) is 0 Å². The molecule has 0 bridgehead atoms. The number of benzene rings is 1. The first-order chi connectivity index (χ1) is 8.74. The van der Waals surface area contributed by atoms with Crippen LogP contribution in [0.4, 0.5) is 5.69 Å². The largest absolute Gasteiger partial charge is 0.395 e. The Balaban J connectivity index is 0. The van der Waals surface area contributed by atoms with E-state index >= 15 is 0 Å². The van der Waals surface area contributed by atoms with Gasteiger partial charge < -0.3 is 15.7 Å². The molecule has 20 heavy (non-hydrogen) atoms. The molecule has 0 atom stereocenters. The van der Waals surface area contributed by atoms with Crippen LogP contribution in [0.5, 0.6) is 0 Å². The van der Waals surface area contributed by atoms with Gasteiger partial charge in [-0.3, -0.25) is 10.1 Å². The molecule has 0 saturated heterocycles. The fraction of sp³-hybridized carbons (Fsp3) is 0.500. The first-order valence-corrected chi connectivity index (χ1v) is 5.99. The van der Waals surface area contributed by atoms with Crippen molar-refractivity contribution in [2.45, 2.75) is 13.0 Å². The Kier molecular flexibility index (Phi) is 14.0. The lowest BCUT2D eigenvalue weighted by Crippen LogP contribution is -2.23. The van der Waals surface area contributed by atoms with E-state index in [-0.39, 0.29) is 42.0 Å². The van der Waals surface area contributed by atoms with Crippen LogP contribution in [0.15, 0.2) is 24.3 Å². The highest BCUT2D eigenvalue weighted by atomic mass is 35.5. The molecule has 0 aromatic heterocycles. The Hall–Kier alpha value is -0.920. The zero-order valence-electron chi connectivity index (χ0n) is 11.1. The van der Waals surface area contributed by atoms with Gasteiger partial charge in [-0.1, -0.05) is 12.1 Å². The lowest BCUT2D eigenvalue weighted by atomic mass is 10.2. The first-order valence-electron chi connectivity index (χ1n) is 5.99. The number of hydrogen-bond donors (Lipinski definition) is 3. The molecule has 1 aromatic carbocycles. The molecule has 0 saturated carbocycles. The second-order valence-corrected chi connectivity index (χ2v) is 3.93. The maximum Gasteiger partial charge on any atom is 0.269 e. The monoisotopic (exact) mass is 325 g/mol. The summed E-state index contributed by atoms with van der Waals surface area (Å²) in [7, 11) is 0. The third kappa shape index (κ3) is 9.06. The van der Waals surface area contributed by atoms with Crippen molar-refractivity contribution >= 4 is 30.5 Å². The SMILES string of the molecule is Cl.Cl.O=[N+]([O-])c1cccc(CNCCCNCCO)c1. The molecule has 0 heterocycles.